The first-order valence-corrected chi connectivity index (χ1v) is 6.65. The molecular weight excluding hydrogens is 276 g/mol. The Morgan fingerprint density at radius 3 is 2.89 bits per heavy atom. The fourth-order valence-corrected chi connectivity index (χ4v) is 3.43. The van der Waals surface area contributed by atoms with E-state index in [9.17, 15) is 9.59 Å². The highest BCUT2D eigenvalue weighted by Gasteiger charge is 2.52. The van der Waals surface area contributed by atoms with E-state index in [4.69, 9.17) is 25.8 Å². The summed E-state index contributed by atoms with van der Waals surface area (Å²) >= 11 is 6.20. The van der Waals surface area contributed by atoms with Crippen LogP contribution in [-0.2, 0) is 14.2 Å². The van der Waals surface area contributed by atoms with Crippen molar-refractivity contribution < 1.29 is 23.8 Å². The van der Waals surface area contributed by atoms with Crippen LogP contribution >= 0.6 is 11.6 Å². The average Bonchev–Trinajstić information content (AvgIpc) is 2.89. The lowest BCUT2D eigenvalue weighted by molar-refractivity contribution is -0.0570. The monoisotopic (exact) mass is 290 g/mol. The Morgan fingerprint density at radius 1 is 1.47 bits per heavy atom. The molecule has 0 saturated carbocycles. The fourth-order valence-electron chi connectivity index (χ4n) is 3.08. The predicted octanol–water partition coefficient (Wildman–Crippen LogP) is 0.959. The molecule has 7 nitrogen and oxygen atoms in total. The smallest absolute Gasteiger partial charge is 0.452 e. The molecule has 0 aliphatic carbocycles. The summed E-state index contributed by atoms with van der Waals surface area (Å²) in [6.45, 7) is 0.751. The summed E-state index contributed by atoms with van der Waals surface area (Å²) in [6.07, 6.45) is 0.0118. The molecule has 0 N–H and O–H groups in total. The molecule has 2 bridgehead atoms. The van der Waals surface area contributed by atoms with Crippen LogP contribution in [0, 0.1) is 0 Å². The third kappa shape index (κ3) is 2.10. The summed E-state index contributed by atoms with van der Waals surface area (Å²) in [5, 5.41) is 3.42. The molecule has 0 radical (unpaired) electrons. The zero-order valence-electron chi connectivity index (χ0n) is 10.5. The Labute approximate surface area is 115 Å². The van der Waals surface area contributed by atoms with Gasteiger partial charge in [-0.05, 0) is 12.8 Å². The van der Waals surface area contributed by atoms with E-state index in [-0.39, 0.29) is 30.2 Å². The van der Waals surface area contributed by atoms with Gasteiger partial charge < -0.3 is 14.2 Å². The number of carbonyl (C=O) groups is 2. The first-order chi connectivity index (χ1) is 9.10. The highest BCUT2D eigenvalue weighted by molar-refractivity contribution is 6.20. The minimum atomic E-state index is -0.653. The van der Waals surface area contributed by atoms with Crippen LogP contribution in [0.4, 0.5) is 9.59 Å². The number of hydrogen-bond acceptors (Lipinski definition) is 6. The van der Waals surface area contributed by atoms with Crippen LogP contribution in [0.3, 0.4) is 0 Å². The lowest BCUT2D eigenvalue weighted by Crippen LogP contribution is -2.55. The Kier molecular flexibility index (Phi) is 3.18. The van der Waals surface area contributed by atoms with Crippen molar-refractivity contribution in [1.82, 2.24) is 10.0 Å². The van der Waals surface area contributed by atoms with Gasteiger partial charge in [-0.1, -0.05) is 0 Å². The molecule has 3 rings (SSSR count). The van der Waals surface area contributed by atoms with Gasteiger partial charge in [-0.3, -0.25) is 0 Å². The van der Waals surface area contributed by atoms with E-state index in [1.54, 1.807) is 5.01 Å². The van der Waals surface area contributed by atoms with E-state index in [1.165, 1.54) is 7.11 Å². The molecule has 5 atom stereocenters. The van der Waals surface area contributed by atoms with Crippen LogP contribution in [0.15, 0.2) is 0 Å². The first-order valence-electron chi connectivity index (χ1n) is 6.21. The van der Waals surface area contributed by atoms with Gasteiger partial charge in [-0.25, -0.2) is 19.6 Å². The molecular formula is C11H15ClN2O5. The van der Waals surface area contributed by atoms with E-state index >= 15 is 0 Å². The molecule has 2 unspecified atom stereocenters. The standard InChI is InChI=1S/C11H15ClN2O5/c1-17-10(15)14-7-2-6(12)4-13(14)8(3-7)9-5-18-11(16)19-9/h6-9H,2-5H2,1H3/t6-,7?,8-,9-/m1/s1. The maximum absolute atomic E-state index is 11.8. The number of alkyl halides is 1. The van der Waals surface area contributed by atoms with Gasteiger partial charge in [0.1, 0.15) is 6.61 Å². The van der Waals surface area contributed by atoms with Gasteiger partial charge in [-0.15, -0.1) is 11.6 Å². The quantitative estimate of drug-likeness (QED) is 0.529. The molecule has 0 aromatic rings. The Morgan fingerprint density at radius 2 is 2.26 bits per heavy atom. The fraction of sp³-hybridized carbons (Fsp3) is 0.818. The van der Waals surface area contributed by atoms with Crippen LogP contribution in [-0.4, -0.2) is 66.1 Å². The molecule has 3 fully saturated rings. The number of carbonyl (C=O) groups excluding carboxylic acids is 2. The van der Waals surface area contributed by atoms with Crippen molar-refractivity contribution in [2.45, 2.75) is 36.4 Å². The summed E-state index contributed by atoms with van der Waals surface area (Å²) in [6, 6.07) is -0.0905. The maximum atomic E-state index is 11.8. The third-order valence-electron chi connectivity index (χ3n) is 3.84. The van der Waals surface area contributed by atoms with E-state index in [2.05, 4.69) is 0 Å². The van der Waals surface area contributed by atoms with Crippen molar-refractivity contribution in [2.75, 3.05) is 20.3 Å². The number of rotatable bonds is 1. The van der Waals surface area contributed by atoms with Crippen LogP contribution < -0.4 is 0 Å². The molecule has 0 spiro atoms. The minimum Gasteiger partial charge on any atom is -0.452 e. The van der Waals surface area contributed by atoms with Gasteiger partial charge in [-0.2, -0.15) is 0 Å². The highest BCUT2D eigenvalue weighted by Crippen LogP contribution is 2.37. The molecule has 19 heavy (non-hydrogen) atoms. The van der Waals surface area contributed by atoms with Crippen LogP contribution in [0.5, 0.6) is 0 Å². The second-order valence-electron chi connectivity index (χ2n) is 4.94. The Bertz CT molecular complexity index is 407. The molecule has 1 amide bonds. The van der Waals surface area contributed by atoms with Crippen molar-refractivity contribution in [3.05, 3.63) is 0 Å². The SMILES string of the molecule is COC(=O)N1C2C[C@@H](Cl)CN1[C@@H]([C@H]1COC(=O)O1)C2. The van der Waals surface area contributed by atoms with Crippen molar-refractivity contribution in [2.24, 2.45) is 0 Å². The molecule has 3 aliphatic heterocycles. The number of ether oxygens (including phenoxy) is 3. The van der Waals surface area contributed by atoms with Crippen molar-refractivity contribution in [3.63, 3.8) is 0 Å². The van der Waals surface area contributed by atoms with Crippen molar-refractivity contribution >= 4 is 23.8 Å². The second-order valence-corrected chi connectivity index (χ2v) is 5.56. The summed E-state index contributed by atoms with van der Waals surface area (Å²) in [5.41, 5.74) is 0. The second kappa shape index (κ2) is 4.72. The summed E-state index contributed by atoms with van der Waals surface area (Å²) in [4.78, 5) is 22.9. The normalized spacial score (nSPS) is 40.8. The number of hydrogen-bond donors (Lipinski definition) is 0. The molecule has 0 aromatic carbocycles. The first kappa shape index (κ1) is 12.8. The minimum absolute atomic E-state index is 0.00648. The number of nitrogens with zero attached hydrogens (tertiary/aromatic N) is 2. The molecule has 3 saturated heterocycles. The third-order valence-corrected chi connectivity index (χ3v) is 4.15. The molecule has 0 aromatic heterocycles. The number of fused-ring (bicyclic) bond motifs is 2. The van der Waals surface area contributed by atoms with Crippen LogP contribution in [0.25, 0.3) is 0 Å². The van der Waals surface area contributed by atoms with Gasteiger partial charge >= 0.3 is 12.2 Å². The van der Waals surface area contributed by atoms with Crippen LogP contribution in [0.1, 0.15) is 12.8 Å². The number of cyclic esters (lactones) is 2. The van der Waals surface area contributed by atoms with E-state index in [1.807, 2.05) is 5.01 Å². The summed E-state index contributed by atoms with van der Waals surface area (Å²) in [5.74, 6) is 0. The van der Waals surface area contributed by atoms with Crippen molar-refractivity contribution in [3.8, 4) is 0 Å². The molecule has 8 heteroatoms. The Hall–Kier alpha value is -1.21. The van der Waals surface area contributed by atoms with E-state index in [0.29, 0.717) is 19.4 Å². The largest absolute Gasteiger partial charge is 0.508 e. The number of methoxy groups -OCH3 is 1. The zero-order valence-corrected chi connectivity index (χ0v) is 11.2. The maximum Gasteiger partial charge on any atom is 0.508 e. The molecule has 106 valence electrons. The lowest BCUT2D eigenvalue weighted by Gasteiger charge is -2.39. The topological polar surface area (TPSA) is 68.3 Å². The van der Waals surface area contributed by atoms with Gasteiger partial charge in [0.2, 0.25) is 0 Å². The zero-order chi connectivity index (χ0) is 13.6. The number of halogens is 1. The predicted molar refractivity (Wildman–Crippen MR) is 63.6 cm³/mol. The van der Waals surface area contributed by atoms with Gasteiger partial charge in [0.15, 0.2) is 6.10 Å². The summed E-state index contributed by atoms with van der Waals surface area (Å²) < 4.78 is 14.7. The number of hydrazine groups is 1. The van der Waals surface area contributed by atoms with Gasteiger partial charge in [0, 0.05) is 6.54 Å². The van der Waals surface area contributed by atoms with E-state index < -0.39 is 12.2 Å². The highest BCUT2D eigenvalue weighted by atomic mass is 35.5. The Balaban J connectivity index is 1.80. The lowest BCUT2D eigenvalue weighted by atomic mass is 10.0. The van der Waals surface area contributed by atoms with Crippen LogP contribution in [0.2, 0.25) is 0 Å². The average molecular weight is 291 g/mol. The van der Waals surface area contributed by atoms with Gasteiger partial charge in [0.25, 0.3) is 0 Å². The number of amides is 1. The van der Waals surface area contributed by atoms with Crippen molar-refractivity contribution in [1.29, 1.82) is 0 Å². The molecule has 3 aliphatic rings. The van der Waals surface area contributed by atoms with E-state index in [0.717, 1.165) is 0 Å². The summed E-state index contributed by atoms with van der Waals surface area (Å²) in [7, 11) is 1.35. The van der Waals surface area contributed by atoms with Gasteiger partial charge in [0.05, 0.1) is 24.6 Å². The molecule has 3 heterocycles.